The maximum absolute atomic E-state index is 12.9. The van der Waals surface area contributed by atoms with Gasteiger partial charge in [-0.2, -0.15) is 0 Å². The van der Waals surface area contributed by atoms with Crippen LogP contribution in [0.4, 0.5) is 0 Å². The zero-order chi connectivity index (χ0) is 33.0. The van der Waals surface area contributed by atoms with Gasteiger partial charge in [0.25, 0.3) is 5.79 Å². The van der Waals surface area contributed by atoms with Gasteiger partial charge < -0.3 is 28.4 Å². The molecule has 5 atom stereocenters. The molecular weight excluding hydrogens is 626 g/mol. The Hall–Kier alpha value is -4.22. The van der Waals surface area contributed by atoms with Crippen LogP contribution < -0.4 is 0 Å². The van der Waals surface area contributed by atoms with E-state index in [9.17, 15) is 4.79 Å². The van der Waals surface area contributed by atoms with Gasteiger partial charge in [-0.1, -0.05) is 121 Å². The second-order valence-corrected chi connectivity index (χ2v) is 12.4. The molecule has 0 N–H and O–H groups in total. The second kappa shape index (κ2) is 16.7. The zero-order valence-electron chi connectivity index (χ0n) is 26.8. The number of esters is 1. The highest BCUT2D eigenvalue weighted by molar-refractivity contribution is 7.09. The van der Waals surface area contributed by atoms with Crippen LogP contribution >= 0.6 is 11.3 Å². The number of hydrogen-bond acceptors (Lipinski definition) is 9. The fourth-order valence-corrected chi connectivity index (χ4v) is 6.49. The zero-order valence-corrected chi connectivity index (χ0v) is 27.6. The van der Waals surface area contributed by atoms with Gasteiger partial charge in [0.05, 0.1) is 33.0 Å². The highest BCUT2D eigenvalue weighted by atomic mass is 32.1. The predicted molar refractivity (Wildman–Crippen MR) is 182 cm³/mol. The molecule has 8 nitrogen and oxygen atoms in total. The highest BCUT2D eigenvalue weighted by Crippen LogP contribution is 2.45. The van der Waals surface area contributed by atoms with E-state index in [4.69, 9.17) is 28.4 Å². The summed E-state index contributed by atoms with van der Waals surface area (Å²) in [7, 11) is 0. The highest BCUT2D eigenvalue weighted by Gasteiger charge is 2.61. The average Bonchev–Trinajstić information content (AvgIpc) is 3.68. The lowest BCUT2D eigenvalue weighted by Crippen LogP contribution is -2.66. The molecule has 1 fully saturated rings. The van der Waals surface area contributed by atoms with Crippen molar-refractivity contribution in [3.63, 3.8) is 0 Å². The minimum atomic E-state index is -1.75. The molecule has 1 aliphatic rings. The topological polar surface area (TPSA) is 85.3 Å². The van der Waals surface area contributed by atoms with E-state index in [0.717, 1.165) is 22.3 Å². The first-order chi connectivity index (χ1) is 23.6. The molecule has 0 saturated carbocycles. The first-order valence-corrected chi connectivity index (χ1v) is 16.8. The van der Waals surface area contributed by atoms with Crippen LogP contribution in [0.2, 0.25) is 0 Å². The van der Waals surface area contributed by atoms with E-state index in [1.54, 1.807) is 6.20 Å². The Morgan fingerprint density at radius 2 is 1.17 bits per heavy atom. The van der Waals surface area contributed by atoms with Gasteiger partial charge in [0.1, 0.15) is 18.3 Å². The van der Waals surface area contributed by atoms with Crippen molar-refractivity contribution in [2.45, 2.75) is 63.6 Å². The van der Waals surface area contributed by atoms with Crippen molar-refractivity contribution >= 4 is 17.3 Å². The number of rotatable bonds is 15. The van der Waals surface area contributed by atoms with Crippen LogP contribution in [0, 0.1) is 0 Å². The Kier molecular flexibility index (Phi) is 11.7. The number of ether oxygens (including phenoxy) is 6. The van der Waals surface area contributed by atoms with Gasteiger partial charge >= 0.3 is 5.97 Å². The molecule has 1 aliphatic heterocycles. The van der Waals surface area contributed by atoms with Gasteiger partial charge in [0.15, 0.2) is 11.1 Å². The molecule has 0 radical (unpaired) electrons. The molecule has 1 aromatic heterocycles. The lowest BCUT2D eigenvalue weighted by atomic mass is 9.91. The molecule has 0 aliphatic carbocycles. The first-order valence-electron chi connectivity index (χ1n) is 16.0. The van der Waals surface area contributed by atoms with Crippen molar-refractivity contribution in [2.75, 3.05) is 6.61 Å². The predicted octanol–water partition coefficient (Wildman–Crippen LogP) is 7.23. The minimum Gasteiger partial charge on any atom is -0.423 e. The van der Waals surface area contributed by atoms with Gasteiger partial charge in [-0.3, -0.25) is 4.79 Å². The fourth-order valence-electron chi connectivity index (χ4n) is 5.74. The van der Waals surface area contributed by atoms with Gasteiger partial charge in [0.2, 0.25) is 0 Å². The van der Waals surface area contributed by atoms with Crippen molar-refractivity contribution < 1.29 is 33.2 Å². The van der Waals surface area contributed by atoms with Crippen LogP contribution in [0.1, 0.15) is 34.2 Å². The summed E-state index contributed by atoms with van der Waals surface area (Å²) in [5.41, 5.74) is 3.91. The lowest BCUT2D eigenvalue weighted by molar-refractivity contribution is -0.379. The first kappa shape index (κ1) is 33.7. The molecule has 0 unspecified atom stereocenters. The van der Waals surface area contributed by atoms with E-state index < -0.39 is 36.2 Å². The molecule has 48 heavy (non-hydrogen) atoms. The van der Waals surface area contributed by atoms with Crippen LogP contribution in [-0.4, -0.2) is 42.0 Å². The molecular formula is C39H39NO7S. The van der Waals surface area contributed by atoms with Crippen molar-refractivity contribution in [3.8, 4) is 0 Å². The summed E-state index contributed by atoms with van der Waals surface area (Å²) >= 11 is 1.32. The maximum Gasteiger partial charge on any atom is 0.305 e. The normalized spacial score (nSPS) is 22.3. The van der Waals surface area contributed by atoms with E-state index in [2.05, 4.69) is 4.98 Å². The molecule has 1 saturated heterocycles. The Morgan fingerprint density at radius 3 is 1.65 bits per heavy atom. The van der Waals surface area contributed by atoms with E-state index in [0.29, 0.717) is 18.2 Å². The molecule has 0 amide bonds. The molecule has 2 heterocycles. The smallest absolute Gasteiger partial charge is 0.305 e. The van der Waals surface area contributed by atoms with Gasteiger partial charge in [-0.15, -0.1) is 11.3 Å². The number of hydrogen-bond donors (Lipinski definition) is 0. The molecule has 9 heteroatoms. The SMILES string of the molecule is CC(=O)O[C@]1(c2nccs2)O[C@H](COCc2ccccc2)[C@@H](OCc2ccccc2)[C@H](OCc2ccccc2)[C@H]1OCc1ccccc1. The summed E-state index contributed by atoms with van der Waals surface area (Å²) in [5.74, 6) is -2.29. The third-order valence-electron chi connectivity index (χ3n) is 7.95. The fraction of sp³-hybridized carbons (Fsp3) is 0.282. The lowest BCUT2D eigenvalue weighted by Gasteiger charge is -2.50. The summed E-state index contributed by atoms with van der Waals surface area (Å²) in [6.07, 6.45) is -1.52. The average molecular weight is 666 g/mol. The quantitative estimate of drug-likeness (QED) is 0.108. The minimum absolute atomic E-state index is 0.124. The van der Waals surface area contributed by atoms with Crippen LogP contribution in [0.5, 0.6) is 0 Å². The largest absolute Gasteiger partial charge is 0.423 e. The molecule has 0 spiro atoms. The van der Waals surface area contributed by atoms with E-state index in [1.165, 1.54) is 18.3 Å². The molecule has 4 aromatic carbocycles. The Bertz CT molecular complexity index is 1660. The third kappa shape index (κ3) is 8.62. The summed E-state index contributed by atoms with van der Waals surface area (Å²) < 4.78 is 39.6. The van der Waals surface area contributed by atoms with Crippen molar-refractivity contribution in [2.24, 2.45) is 0 Å². The van der Waals surface area contributed by atoms with Crippen LogP contribution in [0.3, 0.4) is 0 Å². The molecule has 0 bridgehead atoms. The Morgan fingerprint density at radius 1 is 0.688 bits per heavy atom. The Labute approximate surface area is 285 Å². The van der Waals surface area contributed by atoms with E-state index in [1.807, 2.05) is 127 Å². The van der Waals surface area contributed by atoms with Gasteiger partial charge in [-0.25, -0.2) is 4.98 Å². The third-order valence-corrected chi connectivity index (χ3v) is 8.82. The molecule has 5 aromatic rings. The monoisotopic (exact) mass is 665 g/mol. The van der Waals surface area contributed by atoms with Crippen molar-refractivity contribution in [1.82, 2.24) is 4.98 Å². The Balaban J connectivity index is 1.40. The number of carbonyl (C=O) groups excluding carboxylic acids is 1. The van der Waals surface area contributed by atoms with Gasteiger partial charge in [-0.05, 0) is 22.3 Å². The summed E-state index contributed by atoms with van der Waals surface area (Å²) in [6, 6.07) is 39.5. The van der Waals surface area contributed by atoms with Crippen LogP contribution in [0.15, 0.2) is 133 Å². The second-order valence-electron chi connectivity index (χ2n) is 11.5. The van der Waals surface area contributed by atoms with Crippen LogP contribution in [0.25, 0.3) is 0 Å². The standard InChI is InChI=1S/C39H39NO7S/c1-29(41)46-39(38-40-22-23-48-38)37(45-27-33-20-12-5-13-21-33)36(44-26-32-18-10-4-11-19-32)35(43-25-31-16-8-3-9-17-31)34(47-39)28-42-24-30-14-6-2-7-15-30/h2-23,34-37H,24-28H2,1H3/t34-,35-,36+,37-,39+/m1/s1. The summed E-state index contributed by atoms with van der Waals surface area (Å²) in [6.45, 7) is 2.58. The van der Waals surface area contributed by atoms with E-state index in [-0.39, 0.29) is 19.8 Å². The molecule has 6 rings (SSSR count). The molecule has 248 valence electrons. The number of thiazole rings is 1. The van der Waals surface area contributed by atoms with E-state index >= 15 is 0 Å². The number of nitrogens with zero attached hydrogens (tertiary/aromatic N) is 1. The number of benzene rings is 4. The summed E-state index contributed by atoms with van der Waals surface area (Å²) in [4.78, 5) is 17.5. The van der Waals surface area contributed by atoms with Gasteiger partial charge in [0, 0.05) is 18.5 Å². The summed E-state index contributed by atoms with van der Waals surface area (Å²) in [5, 5.41) is 2.25. The maximum atomic E-state index is 12.9. The number of aromatic nitrogens is 1. The number of carbonyl (C=O) groups is 1. The van der Waals surface area contributed by atoms with Crippen LogP contribution in [-0.2, 0) is 65.4 Å². The van der Waals surface area contributed by atoms with Crippen molar-refractivity contribution in [1.29, 1.82) is 0 Å². The van der Waals surface area contributed by atoms with Crippen molar-refractivity contribution in [3.05, 3.63) is 160 Å².